The summed E-state index contributed by atoms with van der Waals surface area (Å²) < 4.78 is 4.91. The van der Waals surface area contributed by atoms with E-state index in [4.69, 9.17) is 10.5 Å². The average molecular weight is 265 g/mol. The van der Waals surface area contributed by atoms with Crippen LogP contribution in [0.2, 0.25) is 0 Å². The van der Waals surface area contributed by atoms with Gasteiger partial charge in [0.1, 0.15) is 6.04 Å². The quantitative estimate of drug-likeness (QED) is 0.575. The van der Waals surface area contributed by atoms with Crippen molar-refractivity contribution in [2.45, 2.75) is 19.9 Å². The Balaban J connectivity index is 2.71. The summed E-state index contributed by atoms with van der Waals surface area (Å²) >= 11 is 0. The summed E-state index contributed by atoms with van der Waals surface area (Å²) in [5, 5.41) is 2.85. The lowest BCUT2D eigenvalue weighted by molar-refractivity contribution is -0.122. The maximum absolute atomic E-state index is 12.0. The van der Waals surface area contributed by atoms with E-state index in [0.29, 0.717) is 18.8 Å². The third-order valence-electron chi connectivity index (χ3n) is 2.99. The molecule has 0 heterocycles. The van der Waals surface area contributed by atoms with Gasteiger partial charge in [-0.25, -0.2) is 0 Å². The minimum absolute atomic E-state index is 0.0127. The second-order valence-electron chi connectivity index (χ2n) is 4.34. The largest absolute Gasteiger partial charge is 0.399 e. The molecule has 106 valence electrons. The summed E-state index contributed by atoms with van der Waals surface area (Å²) in [4.78, 5) is 14.0. The number of nitrogen functional groups attached to an aromatic ring is 1. The molecular weight excluding hydrogens is 242 g/mol. The van der Waals surface area contributed by atoms with Crippen molar-refractivity contribution in [2.75, 3.05) is 37.4 Å². The number of carbonyl (C=O) groups is 1. The Bertz CT molecular complexity index is 409. The van der Waals surface area contributed by atoms with Gasteiger partial charge in [0.25, 0.3) is 0 Å². The van der Waals surface area contributed by atoms with Gasteiger partial charge in [0.2, 0.25) is 5.91 Å². The Morgan fingerprint density at radius 1 is 1.53 bits per heavy atom. The zero-order chi connectivity index (χ0) is 14.3. The van der Waals surface area contributed by atoms with Crippen LogP contribution in [0.1, 0.15) is 13.8 Å². The third-order valence-corrected chi connectivity index (χ3v) is 2.99. The van der Waals surface area contributed by atoms with Gasteiger partial charge in [-0.1, -0.05) is 6.07 Å². The van der Waals surface area contributed by atoms with Crippen LogP contribution in [0.15, 0.2) is 24.3 Å². The lowest BCUT2D eigenvalue weighted by Crippen LogP contribution is -2.46. The van der Waals surface area contributed by atoms with Gasteiger partial charge in [-0.15, -0.1) is 0 Å². The fourth-order valence-electron chi connectivity index (χ4n) is 1.95. The smallest absolute Gasteiger partial charge is 0.242 e. The molecule has 1 amide bonds. The van der Waals surface area contributed by atoms with Crippen molar-refractivity contribution >= 4 is 17.3 Å². The predicted octanol–water partition coefficient (Wildman–Crippen LogP) is 1.25. The Hall–Kier alpha value is -1.75. The second-order valence-corrected chi connectivity index (χ2v) is 4.34. The maximum Gasteiger partial charge on any atom is 0.242 e. The molecule has 0 aliphatic carbocycles. The number of nitrogens with two attached hydrogens (primary N) is 1. The highest BCUT2D eigenvalue weighted by Crippen LogP contribution is 2.19. The molecule has 5 nitrogen and oxygen atoms in total. The van der Waals surface area contributed by atoms with Gasteiger partial charge in [0.15, 0.2) is 0 Å². The molecule has 1 unspecified atom stereocenters. The van der Waals surface area contributed by atoms with Crippen molar-refractivity contribution in [3.05, 3.63) is 24.3 Å². The molecule has 0 saturated heterocycles. The van der Waals surface area contributed by atoms with Crippen LogP contribution in [0, 0.1) is 0 Å². The molecule has 0 aromatic heterocycles. The summed E-state index contributed by atoms with van der Waals surface area (Å²) in [5.41, 5.74) is 7.43. The fourth-order valence-corrected chi connectivity index (χ4v) is 1.95. The number of likely N-dealkylation sites (N-methyl/N-ethyl adjacent to an activating group) is 1. The molecule has 3 N–H and O–H groups in total. The third kappa shape index (κ3) is 4.44. The van der Waals surface area contributed by atoms with E-state index in [0.717, 1.165) is 12.2 Å². The van der Waals surface area contributed by atoms with Gasteiger partial charge in [0, 0.05) is 31.6 Å². The Morgan fingerprint density at radius 3 is 2.84 bits per heavy atom. The molecule has 0 fully saturated rings. The molecule has 0 saturated carbocycles. The summed E-state index contributed by atoms with van der Waals surface area (Å²) in [5.74, 6) is -0.0127. The fraction of sp³-hybridized carbons (Fsp3) is 0.500. The van der Waals surface area contributed by atoms with E-state index in [2.05, 4.69) is 5.32 Å². The van der Waals surface area contributed by atoms with Crippen LogP contribution in [0.25, 0.3) is 0 Å². The lowest BCUT2D eigenvalue weighted by atomic mass is 10.2. The SMILES string of the molecule is CCN(c1cccc(N)c1)C(C)C(=O)NCCOC. The molecule has 1 aromatic rings. The van der Waals surface area contributed by atoms with E-state index in [1.54, 1.807) is 7.11 Å². The molecule has 19 heavy (non-hydrogen) atoms. The Kier molecular flexibility index (Phi) is 6.15. The van der Waals surface area contributed by atoms with Gasteiger partial charge in [0.05, 0.1) is 6.61 Å². The van der Waals surface area contributed by atoms with Crippen LogP contribution in [-0.2, 0) is 9.53 Å². The number of nitrogens with zero attached hydrogens (tertiary/aromatic N) is 1. The first kappa shape index (κ1) is 15.3. The first-order valence-electron chi connectivity index (χ1n) is 6.49. The average Bonchev–Trinajstić information content (AvgIpc) is 2.39. The molecular formula is C14H23N3O2. The van der Waals surface area contributed by atoms with Crippen LogP contribution < -0.4 is 16.0 Å². The zero-order valence-electron chi connectivity index (χ0n) is 11.8. The van der Waals surface area contributed by atoms with E-state index in [1.807, 2.05) is 43.0 Å². The number of rotatable bonds is 7. The number of hydrogen-bond acceptors (Lipinski definition) is 4. The van der Waals surface area contributed by atoms with Crippen LogP contribution in [0.5, 0.6) is 0 Å². The normalized spacial score (nSPS) is 11.9. The summed E-state index contributed by atoms with van der Waals surface area (Å²) in [7, 11) is 1.61. The van der Waals surface area contributed by atoms with Crippen LogP contribution in [0.3, 0.4) is 0 Å². The monoisotopic (exact) mass is 265 g/mol. The first-order valence-corrected chi connectivity index (χ1v) is 6.49. The van der Waals surface area contributed by atoms with Crippen LogP contribution in [-0.4, -0.2) is 38.8 Å². The van der Waals surface area contributed by atoms with E-state index in [9.17, 15) is 4.79 Å². The Morgan fingerprint density at radius 2 is 2.26 bits per heavy atom. The highest BCUT2D eigenvalue weighted by molar-refractivity contribution is 5.85. The highest BCUT2D eigenvalue weighted by atomic mass is 16.5. The van der Waals surface area contributed by atoms with Gasteiger partial charge in [-0.05, 0) is 32.0 Å². The second kappa shape index (κ2) is 7.63. The number of ether oxygens (including phenoxy) is 1. The highest BCUT2D eigenvalue weighted by Gasteiger charge is 2.20. The van der Waals surface area contributed by atoms with Gasteiger partial charge >= 0.3 is 0 Å². The molecule has 5 heteroatoms. The number of carbonyl (C=O) groups excluding carboxylic acids is 1. The van der Waals surface area contributed by atoms with E-state index >= 15 is 0 Å². The number of nitrogens with one attached hydrogen (secondary N) is 1. The number of methoxy groups -OCH3 is 1. The molecule has 0 spiro atoms. The van der Waals surface area contributed by atoms with Crippen LogP contribution in [0.4, 0.5) is 11.4 Å². The van der Waals surface area contributed by atoms with Crippen molar-refractivity contribution in [2.24, 2.45) is 0 Å². The molecule has 1 rings (SSSR count). The van der Waals surface area contributed by atoms with Crippen molar-refractivity contribution in [3.8, 4) is 0 Å². The summed E-state index contributed by atoms with van der Waals surface area (Å²) in [6.07, 6.45) is 0. The Labute approximate surface area is 114 Å². The summed E-state index contributed by atoms with van der Waals surface area (Å²) in [6.45, 7) is 5.68. The van der Waals surface area contributed by atoms with Gasteiger partial charge in [-0.2, -0.15) is 0 Å². The number of anilines is 2. The molecule has 1 aromatic carbocycles. The number of hydrogen-bond donors (Lipinski definition) is 2. The van der Waals surface area contributed by atoms with Crippen molar-refractivity contribution in [3.63, 3.8) is 0 Å². The molecule has 0 bridgehead atoms. The van der Waals surface area contributed by atoms with E-state index in [-0.39, 0.29) is 11.9 Å². The first-order chi connectivity index (χ1) is 9.10. The van der Waals surface area contributed by atoms with Crippen molar-refractivity contribution < 1.29 is 9.53 Å². The molecule has 0 aliphatic rings. The van der Waals surface area contributed by atoms with Gasteiger partial charge in [-0.3, -0.25) is 4.79 Å². The topological polar surface area (TPSA) is 67.6 Å². The minimum atomic E-state index is -0.247. The zero-order valence-corrected chi connectivity index (χ0v) is 11.8. The van der Waals surface area contributed by atoms with Gasteiger partial charge < -0.3 is 20.7 Å². The standard InChI is InChI=1S/C14H23N3O2/c1-4-17(13-7-5-6-12(15)10-13)11(2)14(18)16-8-9-19-3/h5-7,10-11H,4,8-9,15H2,1-3H3,(H,16,18). The number of benzene rings is 1. The van der Waals surface area contributed by atoms with E-state index in [1.165, 1.54) is 0 Å². The molecule has 0 aliphatic heterocycles. The summed E-state index contributed by atoms with van der Waals surface area (Å²) in [6, 6.07) is 7.31. The van der Waals surface area contributed by atoms with Crippen molar-refractivity contribution in [1.82, 2.24) is 5.32 Å². The number of amides is 1. The molecule has 0 radical (unpaired) electrons. The minimum Gasteiger partial charge on any atom is -0.399 e. The van der Waals surface area contributed by atoms with Crippen molar-refractivity contribution in [1.29, 1.82) is 0 Å². The lowest BCUT2D eigenvalue weighted by Gasteiger charge is -2.29. The predicted molar refractivity (Wildman–Crippen MR) is 78.2 cm³/mol. The maximum atomic E-state index is 12.0. The molecule has 1 atom stereocenters. The van der Waals surface area contributed by atoms with E-state index < -0.39 is 0 Å². The van der Waals surface area contributed by atoms with Crippen LogP contribution >= 0.6 is 0 Å².